The molecule has 0 aliphatic carbocycles. The number of amides is 1. The average molecular weight is 279 g/mol. The van der Waals surface area contributed by atoms with Gasteiger partial charge >= 0.3 is 5.97 Å². The lowest BCUT2D eigenvalue weighted by molar-refractivity contribution is -0.138. The zero-order valence-electron chi connectivity index (χ0n) is 11.9. The molecule has 6 nitrogen and oxygen atoms in total. The van der Waals surface area contributed by atoms with Crippen molar-refractivity contribution in [2.24, 2.45) is 5.73 Å². The van der Waals surface area contributed by atoms with Crippen molar-refractivity contribution in [3.63, 3.8) is 0 Å². The van der Waals surface area contributed by atoms with Crippen LogP contribution in [0, 0.1) is 0 Å². The summed E-state index contributed by atoms with van der Waals surface area (Å²) in [5, 5.41) is 8.94. The second-order valence-electron chi connectivity index (χ2n) is 4.97. The van der Waals surface area contributed by atoms with Crippen LogP contribution in [-0.2, 0) is 11.3 Å². The summed E-state index contributed by atoms with van der Waals surface area (Å²) in [4.78, 5) is 25.8. The number of hydrogen-bond donors (Lipinski definition) is 2. The summed E-state index contributed by atoms with van der Waals surface area (Å²) < 4.78 is 0. The van der Waals surface area contributed by atoms with Gasteiger partial charge in [0, 0.05) is 25.2 Å². The van der Waals surface area contributed by atoms with Gasteiger partial charge in [-0.25, -0.2) is 0 Å². The number of carboxylic acid groups (broad SMARTS) is 1. The number of primary amides is 1. The summed E-state index contributed by atoms with van der Waals surface area (Å²) in [6.07, 6.45) is 0. The molecule has 110 valence electrons. The number of hydrogen-bond acceptors (Lipinski definition) is 4. The summed E-state index contributed by atoms with van der Waals surface area (Å²) in [6.45, 7) is 1.85. The van der Waals surface area contributed by atoms with Crippen LogP contribution in [0.15, 0.2) is 24.3 Å². The first-order chi connectivity index (χ1) is 9.38. The van der Waals surface area contributed by atoms with E-state index in [0.717, 1.165) is 12.1 Å². The fourth-order valence-electron chi connectivity index (χ4n) is 1.83. The van der Waals surface area contributed by atoms with Gasteiger partial charge < -0.3 is 15.7 Å². The number of aliphatic carboxylic acids is 1. The summed E-state index contributed by atoms with van der Waals surface area (Å²) >= 11 is 0. The Hall–Kier alpha value is -1.92. The Morgan fingerprint density at radius 1 is 1.25 bits per heavy atom. The van der Waals surface area contributed by atoms with Crippen molar-refractivity contribution < 1.29 is 14.7 Å². The first kappa shape index (κ1) is 16.1. The van der Waals surface area contributed by atoms with Crippen molar-refractivity contribution in [3.8, 4) is 0 Å². The van der Waals surface area contributed by atoms with E-state index in [4.69, 9.17) is 10.8 Å². The van der Waals surface area contributed by atoms with Gasteiger partial charge in [0.25, 0.3) is 0 Å². The van der Waals surface area contributed by atoms with Crippen LogP contribution in [0.3, 0.4) is 0 Å². The molecular formula is C14H21N3O3. The van der Waals surface area contributed by atoms with Gasteiger partial charge in [0.05, 0.1) is 6.54 Å². The molecule has 1 aromatic carbocycles. The van der Waals surface area contributed by atoms with Gasteiger partial charge in [-0.15, -0.1) is 0 Å². The first-order valence-electron chi connectivity index (χ1n) is 6.36. The minimum absolute atomic E-state index is 0.0331. The van der Waals surface area contributed by atoms with E-state index < -0.39 is 11.9 Å². The van der Waals surface area contributed by atoms with Gasteiger partial charge in [-0.3, -0.25) is 14.5 Å². The van der Waals surface area contributed by atoms with Crippen molar-refractivity contribution in [2.75, 3.05) is 33.7 Å². The number of likely N-dealkylation sites (N-methyl/N-ethyl adjacent to an activating group) is 1. The molecule has 1 amide bonds. The number of benzene rings is 1. The van der Waals surface area contributed by atoms with Crippen molar-refractivity contribution in [1.29, 1.82) is 0 Å². The predicted octanol–water partition coefficient (Wildman–Crippen LogP) is 0.234. The molecule has 0 unspecified atom stereocenters. The standard InChI is InChI=1S/C14H21N3O3/c1-16(2)6-7-17(10-13(18)19)9-11-4-3-5-12(8-11)14(15)20/h3-5,8H,6-7,9-10H2,1-2H3,(H2,15,20)(H,18,19). The lowest BCUT2D eigenvalue weighted by Crippen LogP contribution is -2.35. The highest BCUT2D eigenvalue weighted by Crippen LogP contribution is 2.08. The van der Waals surface area contributed by atoms with Crippen LogP contribution in [-0.4, -0.2) is 60.5 Å². The predicted molar refractivity (Wildman–Crippen MR) is 76.4 cm³/mol. The van der Waals surface area contributed by atoms with Gasteiger partial charge in [-0.2, -0.15) is 0 Å². The highest BCUT2D eigenvalue weighted by atomic mass is 16.4. The van der Waals surface area contributed by atoms with E-state index in [0.29, 0.717) is 18.7 Å². The van der Waals surface area contributed by atoms with Gasteiger partial charge in [0.2, 0.25) is 5.91 Å². The molecule has 0 atom stereocenters. The summed E-state index contributed by atoms with van der Waals surface area (Å²) in [6, 6.07) is 6.96. The normalized spacial score (nSPS) is 11.0. The maximum Gasteiger partial charge on any atom is 0.317 e. The quantitative estimate of drug-likeness (QED) is 0.711. The Labute approximate surface area is 118 Å². The minimum atomic E-state index is -0.866. The Bertz CT molecular complexity index is 474. The van der Waals surface area contributed by atoms with Gasteiger partial charge in [-0.1, -0.05) is 12.1 Å². The van der Waals surface area contributed by atoms with Crippen molar-refractivity contribution in [1.82, 2.24) is 9.80 Å². The van der Waals surface area contributed by atoms with Crippen LogP contribution in [0.4, 0.5) is 0 Å². The lowest BCUT2D eigenvalue weighted by Gasteiger charge is -2.22. The Morgan fingerprint density at radius 3 is 2.50 bits per heavy atom. The molecule has 0 aliphatic rings. The largest absolute Gasteiger partial charge is 0.480 e. The molecule has 0 aromatic heterocycles. The molecule has 0 bridgehead atoms. The third-order valence-electron chi connectivity index (χ3n) is 2.84. The number of carboxylic acids is 1. The van der Waals surface area contributed by atoms with E-state index in [2.05, 4.69) is 0 Å². The molecule has 0 radical (unpaired) electrons. The van der Waals surface area contributed by atoms with Gasteiger partial charge in [0.1, 0.15) is 0 Å². The zero-order chi connectivity index (χ0) is 15.1. The fourth-order valence-corrected chi connectivity index (χ4v) is 1.83. The number of nitrogens with zero attached hydrogens (tertiary/aromatic N) is 2. The van der Waals surface area contributed by atoms with E-state index in [9.17, 15) is 9.59 Å². The third kappa shape index (κ3) is 5.81. The summed E-state index contributed by atoms with van der Waals surface area (Å²) in [5.74, 6) is -1.35. The number of carbonyl (C=O) groups is 2. The van der Waals surface area contributed by atoms with Crippen molar-refractivity contribution >= 4 is 11.9 Å². The van der Waals surface area contributed by atoms with Crippen LogP contribution >= 0.6 is 0 Å². The molecule has 20 heavy (non-hydrogen) atoms. The number of nitrogens with two attached hydrogens (primary N) is 1. The molecule has 6 heteroatoms. The van der Waals surface area contributed by atoms with Crippen molar-refractivity contribution in [2.45, 2.75) is 6.54 Å². The van der Waals surface area contributed by atoms with Crippen LogP contribution in [0.1, 0.15) is 15.9 Å². The van der Waals surface area contributed by atoms with E-state index in [-0.39, 0.29) is 6.54 Å². The van der Waals surface area contributed by atoms with Crippen LogP contribution in [0.2, 0.25) is 0 Å². The highest BCUT2D eigenvalue weighted by molar-refractivity contribution is 5.92. The van der Waals surface area contributed by atoms with Crippen molar-refractivity contribution in [3.05, 3.63) is 35.4 Å². The molecule has 1 rings (SSSR count). The molecule has 0 saturated heterocycles. The Balaban J connectivity index is 2.74. The third-order valence-corrected chi connectivity index (χ3v) is 2.84. The average Bonchev–Trinajstić information content (AvgIpc) is 2.35. The molecular weight excluding hydrogens is 258 g/mol. The van der Waals surface area contributed by atoms with E-state index >= 15 is 0 Å². The number of rotatable bonds is 8. The maximum atomic E-state index is 11.1. The smallest absolute Gasteiger partial charge is 0.317 e. The van der Waals surface area contributed by atoms with E-state index in [1.807, 2.05) is 30.0 Å². The van der Waals surface area contributed by atoms with Crippen LogP contribution in [0.25, 0.3) is 0 Å². The van der Waals surface area contributed by atoms with Crippen LogP contribution < -0.4 is 5.73 Å². The number of carbonyl (C=O) groups excluding carboxylic acids is 1. The molecule has 0 saturated carbocycles. The lowest BCUT2D eigenvalue weighted by atomic mass is 10.1. The second-order valence-corrected chi connectivity index (χ2v) is 4.97. The molecule has 3 N–H and O–H groups in total. The van der Waals surface area contributed by atoms with Gasteiger partial charge in [-0.05, 0) is 31.8 Å². The highest BCUT2D eigenvalue weighted by Gasteiger charge is 2.11. The summed E-state index contributed by atoms with van der Waals surface area (Å²) in [7, 11) is 3.87. The minimum Gasteiger partial charge on any atom is -0.480 e. The van der Waals surface area contributed by atoms with Crippen LogP contribution in [0.5, 0.6) is 0 Å². The molecule has 0 aliphatic heterocycles. The molecule has 1 aromatic rings. The zero-order valence-corrected chi connectivity index (χ0v) is 11.9. The Kier molecular flexibility index (Phi) is 6.14. The SMILES string of the molecule is CN(C)CCN(CC(=O)O)Cc1cccc(C(N)=O)c1. The fraction of sp³-hybridized carbons (Fsp3) is 0.429. The molecule has 0 fully saturated rings. The Morgan fingerprint density at radius 2 is 1.95 bits per heavy atom. The monoisotopic (exact) mass is 279 g/mol. The topological polar surface area (TPSA) is 86.9 Å². The second kappa shape index (κ2) is 7.62. The molecule has 0 spiro atoms. The van der Waals surface area contributed by atoms with E-state index in [1.165, 1.54) is 0 Å². The maximum absolute atomic E-state index is 11.1. The first-order valence-corrected chi connectivity index (χ1v) is 6.36. The van der Waals surface area contributed by atoms with E-state index in [1.54, 1.807) is 18.2 Å². The van der Waals surface area contributed by atoms with Gasteiger partial charge in [0.15, 0.2) is 0 Å². The summed E-state index contributed by atoms with van der Waals surface area (Å²) in [5.41, 5.74) is 6.55. The molecule has 0 heterocycles.